The Kier molecular flexibility index (Phi) is 4.52. The van der Waals surface area contributed by atoms with Gasteiger partial charge in [-0.2, -0.15) is 0 Å². The molecule has 1 aliphatic rings. The highest BCUT2D eigenvalue weighted by Crippen LogP contribution is 2.37. The van der Waals surface area contributed by atoms with E-state index in [2.05, 4.69) is 5.32 Å². The summed E-state index contributed by atoms with van der Waals surface area (Å²) in [5.41, 5.74) is -0.928. The van der Waals surface area contributed by atoms with E-state index in [4.69, 9.17) is 14.6 Å². The minimum Gasteiger partial charge on any atom is -0.458 e. The maximum atomic E-state index is 11.7. The SMILES string of the molecule is C[C@H](OC1(NCCO)CC1)C(=O)OC(C)(C)C. The van der Waals surface area contributed by atoms with Crippen LogP contribution in [0.25, 0.3) is 0 Å². The molecule has 0 aromatic heterocycles. The fourth-order valence-corrected chi connectivity index (χ4v) is 1.50. The largest absolute Gasteiger partial charge is 0.458 e. The van der Waals surface area contributed by atoms with Gasteiger partial charge in [-0.15, -0.1) is 0 Å². The zero-order valence-electron chi connectivity index (χ0n) is 11.1. The molecular formula is C12H23NO4. The van der Waals surface area contributed by atoms with E-state index >= 15 is 0 Å². The van der Waals surface area contributed by atoms with Gasteiger partial charge in [-0.1, -0.05) is 0 Å². The Balaban J connectivity index is 2.38. The highest BCUT2D eigenvalue weighted by Gasteiger charge is 2.46. The topological polar surface area (TPSA) is 67.8 Å². The summed E-state index contributed by atoms with van der Waals surface area (Å²) < 4.78 is 10.9. The van der Waals surface area contributed by atoms with E-state index in [9.17, 15) is 4.79 Å². The third-order valence-electron chi connectivity index (χ3n) is 2.40. The van der Waals surface area contributed by atoms with Gasteiger partial charge in [-0.05, 0) is 40.5 Å². The number of carbonyl (C=O) groups excluding carboxylic acids is 1. The molecule has 0 radical (unpaired) electrons. The van der Waals surface area contributed by atoms with Gasteiger partial charge in [0.05, 0.1) is 6.61 Å². The predicted octanol–water partition coefficient (Wildman–Crippen LogP) is 0.805. The number of hydrogen-bond acceptors (Lipinski definition) is 5. The standard InChI is InChI=1S/C12H23NO4/c1-9(10(15)17-11(2,3)4)16-12(5-6-12)13-7-8-14/h9,13-14H,5-8H2,1-4H3/t9-/m0/s1. The van der Waals surface area contributed by atoms with Crippen molar-refractivity contribution in [2.24, 2.45) is 0 Å². The molecule has 0 aromatic rings. The van der Waals surface area contributed by atoms with Crippen LogP contribution in [0.15, 0.2) is 0 Å². The van der Waals surface area contributed by atoms with Gasteiger partial charge in [0.25, 0.3) is 0 Å². The molecule has 1 saturated carbocycles. The van der Waals surface area contributed by atoms with Crippen LogP contribution in [0.4, 0.5) is 0 Å². The molecular weight excluding hydrogens is 222 g/mol. The van der Waals surface area contributed by atoms with Gasteiger partial charge in [0.1, 0.15) is 11.3 Å². The van der Waals surface area contributed by atoms with E-state index in [-0.39, 0.29) is 12.6 Å². The molecule has 0 heterocycles. The molecule has 1 atom stereocenters. The minimum absolute atomic E-state index is 0.0614. The van der Waals surface area contributed by atoms with Gasteiger partial charge < -0.3 is 14.6 Å². The fraction of sp³-hybridized carbons (Fsp3) is 0.917. The minimum atomic E-state index is -0.595. The molecule has 0 unspecified atom stereocenters. The molecule has 0 aromatic carbocycles. The van der Waals surface area contributed by atoms with E-state index in [1.54, 1.807) is 6.92 Å². The van der Waals surface area contributed by atoms with Gasteiger partial charge >= 0.3 is 5.97 Å². The zero-order valence-corrected chi connectivity index (χ0v) is 11.1. The van der Waals surface area contributed by atoms with Crippen LogP contribution in [0.5, 0.6) is 0 Å². The molecule has 2 N–H and O–H groups in total. The van der Waals surface area contributed by atoms with E-state index in [1.807, 2.05) is 20.8 Å². The monoisotopic (exact) mass is 245 g/mol. The average Bonchev–Trinajstić information content (AvgIpc) is 2.93. The summed E-state index contributed by atoms with van der Waals surface area (Å²) in [6.45, 7) is 7.71. The number of aliphatic hydroxyl groups excluding tert-OH is 1. The summed E-state index contributed by atoms with van der Waals surface area (Å²) in [5, 5.41) is 11.8. The Morgan fingerprint density at radius 1 is 1.47 bits per heavy atom. The van der Waals surface area contributed by atoms with Crippen molar-refractivity contribution in [1.82, 2.24) is 5.32 Å². The lowest BCUT2D eigenvalue weighted by molar-refractivity contribution is -0.174. The van der Waals surface area contributed by atoms with Gasteiger partial charge in [-0.25, -0.2) is 4.79 Å². The molecule has 17 heavy (non-hydrogen) atoms. The molecule has 1 fully saturated rings. The number of hydrogen-bond donors (Lipinski definition) is 2. The first-order valence-electron chi connectivity index (χ1n) is 6.05. The Labute approximate surface area is 102 Å². The van der Waals surface area contributed by atoms with Gasteiger partial charge in [0.2, 0.25) is 0 Å². The van der Waals surface area contributed by atoms with Crippen molar-refractivity contribution in [3.8, 4) is 0 Å². The lowest BCUT2D eigenvalue weighted by atomic mass is 10.2. The smallest absolute Gasteiger partial charge is 0.335 e. The van der Waals surface area contributed by atoms with Crippen molar-refractivity contribution >= 4 is 5.97 Å². The van der Waals surface area contributed by atoms with Crippen LogP contribution < -0.4 is 5.32 Å². The van der Waals surface area contributed by atoms with Crippen LogP contribution in [0.2, 0.25) is 0 Å². The first-order chi connectivity index (χ1) is 7.78. The molecule has 0 aliphatic heterocycles. The summed E-state index contributed by atoms with van der Waals surface area (Å²) >= 11 is 0. The van der Waals surface area contributed by atoms with Crippen molar-refractivity contribution < 1.29 is 19.4 Å². The van der Waals surface area contributed by atoms with Crippen LogP contribution in [-0.4, -0.2) is 41.7 Å². The van der Waals surface area contributed by atoms with Crippen LogP contribution in [0.1, 0.15) is 40.5 Å². The average molecular weight is 245 g/mol. The second-order valence-electron chi connectivity index (χ2n) is 5.44. The third kappa shape index (κ3) is 5.02. The Morgan fingerprint density at radius 2 is 2.06 bits per heavy atom. The first kappa shape index (κ1) is 14.4. The quantitative estimate of drug-likeness (QED) is 0.535. The summed E-state index contributed by atoms with van der Waals surface area (Å²) in [5.74, 6) is -0.352. The van der Waals surface area contributed by atoms with Gasteiger partial charge in [0, 0.05) is 6.54 Å². The molecule has 1 aliphatic carbocycles. The summed E-state index contributed by atoms with van der Waals surface area (Å²) in [6, 6.07) is 0. The zero-order chi connectivity index (χ0) is 13.1. The van der Waals surface area contributed by atoms with Crippen LogP contribution in [-0.2, 0) is 14.3 Å². The number of esters is 1. The number of carbonyl (C=O) groups is 1. The molecule has 5 nitrogen and oxygen atoms in total. The van der Waals surface area contributed by atoms with E-state index in [1.165, 1.54) is 0 Å². The predicted molar refractivity (Wildman–Crippen MR) is 63.4 cm³/mol. The second kappa shape index (κ2) is 5.33. The summed E-state index contributed by atoms with van der Waals surface area (Å²) in [6.07, 6.45) is 1.13. The van der Waals surface area contributed by atoms with E-state index < -0.39 is 17.4 Å². The number of rotatable bonds is 6. The molecule has 0 amide bonds. The Bertz CT molecular complexity index is 268. The first-order valence-corrected chi connectivity index (χ1v) is 6.05. The van der Waals surface area contributed by atoms with Crippen molar-refractivity contribution in [3.63, 3.8) is 0 Å². The maximum absolute atomic E-state index is 11.7. The molecule has 0 spiro atoms. The van der Waals surface area contributed by atoms with Crippen LogP contribution >= 0.6 is 0 Å². The van der Waals surface area contributed by atoms with Crippen molar-refractivity contribution in [2.75, 3.05) is 13.2 Å². The van der Waals surface area contributed by atoms with Crippen molar-refractivity contribution in [2.45, 2.75) is 58.0 Å². The Hall–Kier alpha value is -0.650. The molecule has 100 valence electrons. The fourth-order valence-electron chi connectivity index (χ4n) is 1.50. The molecule has 5 heteroatoms. The number of aliphatic hydroxyl groups is 1. The van der Waals surface area contributed by atoms with Crippen LogP contribution in [0.3, 0.4) is 0 Å². The van der Waals surface area contributed by atoms with Gasteiger partial charge in [0.15, 0.2) is 6.10 Å². The number of ether oxygens (including phenoxy) is 2. The van der Waals surface area contributed by atoms with E-state index in [0.717, 1.165) is 12.8 Å². The lowest BCUT2D eigenvalue weighted by Crippen LogP contribution is -2.42. The third-order valence-corrected chi connectivity index (χ3v) is 2.40. The lowest BCUT2D eigenvalue weighted by Gasteiger charge is -2.25. The highest BCUT2D eigenvalue weighted by molar-refractivity contribution is 5.74. The summed E-state index contributed by atoms with van der Waals surface area (Å²) in [4.78, 5) is 11.7. The molecule has 0 bridgehead atoms. The van der Waals surface area contributed by atoms with Crippen molar-refractivity contribution in [3.05, 3.63) is 0 Å². The highest BCUT2D eigenvalue weighted by atomic mass is 16.6. The molecule has 0 saturated heterocycles. The second-order valence-corrected chi connectivity index (χ2v) is 5.44. The van der Waals surface area contributed by atoms with Crippen LogP contribution in [0, 0.1) is 0 Å². The van der Waals surface area contributed by atoms with Gasteiger partial charge in [-0.3, -0.25) is 5.32 Å². The maximum Gasteiger partial charge on any atom is 0.335 e. The molecule has 1 rings (SSSR count). The van der Waals surface area contributed by atoms with Crippen molar-refractivity contribution in [1.29, 1.82) is 0 Å². The summed E-state index contributed by atoms with van der Waals surface area (Å²) in [7, 11) is 0. The van der Waals surface area contributed by atoms with E-state index in [0.29, 0.717) is 6.54 Å². The number of nitrogens with one attached hydrogen (secondary N) is 1. The normalized spacial score (nSPS) is 19.8. The Morgan fingerprint density at radius 3 is 2.47 bits per heavy atom.